The number of amides is 1. The van der Waals surface area contributed by atoms with Crippen LogP contribution in [0.25, 0.3) is 0 Å². The predicted octanol–water partition coefficient (Wildman–Crippen LogP) is 1.77. The summed E-state index contributed by atoms with van der Waals surface area (Å²) >= 11 is 0. The number of carbonyl (C=O) groups excluding carboxylic acids is 1. The van der Waals surface area contributed by atoms with Gasteiger partial charge in [-0.25, -0.2) is 13.1 Å². The maximum atomic E-state index is 12.5. The molecular formula is C17H24N2O4S. The second-order valence-corrected chi connectivity index (χ2v) is 8.24. The van der Waals surface area contributed by atoms with Gasteiger partial charge >= 0.3 is 0 Å². The number of nitrogens with one attached hydrogen (secondary N) is 1. The fourth-order valence-corrected chi connectivity index (χ4v) is 4.59. The summed E-state index contributed by atoms with van der Waals surface area (Å²) in [5.41, 5.74) is 0.536. The van der Waals surface area contributed by atoms with Gasteiger partial charge in [0.05, 0.1) is 4.90 Å². The normalized spacial score (nSPS) is 22.7. The third-order valence-electron chi connectivity index (χ3n) is 4.77. The Kier molecular flexibility index (Phi) is 5.22. The van der Waals surface area contributed by atoms with E-state index in [1.165, 1.54) is 12.1 Å². The first-order chi connectivity index (χ1) is 11.5. The first-order valence-corrected chi connectivity index (χ1v) is 9.97. The van der Waals surface area contributed by atoms with Crippen LogP contribution in [0.15, 0.2) is 29.2 Å². The van der Waals surface area contributed by atoms with E-state index in [4.69, 9.17) is 4.74 Å². The highest BCUT2D eigenvalue weighted by Gasteiger charge is 2.27. The highest BCUT2D eigenvalue weighted by molar-refractivity contribution is 7.89. The molecule has 24 heavy (non-hydrogen) atoms. The Bertz CT molecular complexity index is 681. The van der Waals surface area contributed by atoms with Gasteiger partial charge in [-0.1, -0.05) is 0 Å². The van der Waals surface area contributed by atoms with E-state index in [1.807, 2.05) is 11.8 Å². The molecule has 132 valence electrons. The molecule has 1 aromatic carbocycles. The van der Waals surface area contributed by atoms with E-state index < -0.39 is 10.0 Å². The molecule has 0 aromatic heterocycles. The largest absolute Gasteiger partial charge is 0.381 e. The van der Waals surface area contributed by atoms with Crippen LogP contribution in [0.1, 0.15) is 43.0 Å². The third kappa shape index (κ3) is 3.79. The molecule has 6 nitrogen and oxygen atoms in total. The molecule has 0 aliphatic carbocycles. The summed E-state index contributed by atoms with van der Waals surface area (Å²) in [6.45, 7) is 3.97. The van der Waals surface area contributed by atoms with E-state index in [9.17, 15) is 13.2 Å². The third-order valence-corrected chi connectivity index (χ3v) is 6.30. The Morgan fingerprint density at radius 2 is 1.83 bits per heavy atom. The first kappa shape index (κ1) is 17.4. The monoisotopic (exact) mass is 352 g/mol. The molecule has 0 spiro atoms. The zero-order valence-electron chi connectivity index (χ0n) is 13.9. The molecule has 1 atom stereocenters. The van der Waals surface area contributed by atoms with Gasteiger partial charge in [0.1, 0.15) is 0 Å². The summed E-state index contributed by atoms with van der Waals surface area (Å²) in [4.78, 5) is 14.5. The molecule has 7 heteroatoms. The zero-order chi connectivity index (χ0) is 17.2. The molecule has 2 aliphatic rings. The zero-order valence-corrected chi connectivity index (χ0v) is 14.7. The van der Waals surface area contributed by atoms with Crippen LogP contribution >= 0.6 is 0 Å². The van der Waals surface area contributed by atoms with E-state index in [1.54, 1.807) is 12.1 Å². The molecule has 1 N–H and O–H groups in total. The Morgan fingerprint density at radius 1 is 1.17 bits per heavy atom. The molecule has 3 rings (SSSR count). The van der Waals surface area contributed by atoms with Gasteiger partial charge in [-0.15, -0.1) is 0 Å². The van der Waals surface area contributed by atoms with Crippen molar-refractivity contribution >= 4 is 15.9 Å². The maximum absolute atomic E-state index is 12.5. The van der Waals surface area contributed by atoms with Gasteiger partial charge in [-0.05, 0) is 56.9 Å². The Morgan fingerprint density at radius 3 is 2.42 bits per heavy atom. The molecular weight excluding hydrogens is 328 g/mol. The highest BCUT2D eigenvalue weighted by atomic mass is 32.2. The van der Waals surface area contributed by atoms with Crippen molar-refractivity contribution in [3.63, 3.8) is 0 Å². The lowest BCUT2D eigenvalue weighted by Crippen LogP contribution is -2.38. The first-order valence-electron chi connectivity index (χ1n) is 8.48. The Labute approximate surface area is 143 Å². The van der Waals surface area contributed by atoms with Crippen molar-refractivity contribution in [2.45, 2.75) is 49.6 Å². The smallest absolute Gasteiger partial charge is 0.254 e. The average Bonchev–Trinajstić information content (AvgIpc) is 3.01. The summed E-state index contributed by atoms with van der Waals surface area (Å²) < 4.78 is 32.8. The number of likely N-dealkylation sites (tertiary alicyclic amines) is 1. The summed E-state index contributed by atoms with van der Waals surface area (Å²) in [5, 5.41) is 0. The SMILES string of the molecule is CC1CCCN1C(=O)c1ccc(S(=O)(=O)NC2CCOCC2)cc1. The highest BCUT2D eigenvalue weighted by Crippen LogP contribution is 2.21. The van der Waals surface area contributed by atoms with Crippen LogP contribution in [-0.2, 0) is 14.8 Å². The van der Waals surface area contributed by atoms with Crippen LogP contribution in [0.4, 0.5) is 0 Å². The van der Waals surface area contributed by atoms with Crippen LogP contribution < -0.4 is 4.72 Å². The number of hydrogen-bond donors (Lipinski definition) is 1. The Balaban J connectivity index is 1.70. The molecule has 1 amide bonds. The molecule has 1 aromatic rings. The van der Waals surface area contributed by atoms with Crippen LogP contribution in [-0.4, -0.2) is 51.1 Å². The summed E-state index contributed by atoms with van der Waals surface area (Å²) in [6, 6.07) is 6.38. The minimum atomic E-state index is -3.56. The fraction of sp³-hybridized carbons (Fsp3) is 0.588. The van der Waals surface area contributed by atoms with Crippen molar-refractivity contribution in [3.05, 3.63) is 29.8 Å². The van der Waals surface area contributed by atoms with Gasteiger partial charge in [0.2, 0.25) is 10.0 Å². The molecule has 1 unspecified atom stereocenters. The minimum Gasteiger partial charge on any atom is -0.381 e. The fourth-order valence-electron chi connectivity index (χ4n) is 3.28. The number of nitrogens with zero attached hydrogens (tertiary/aromatic N) is 1. The van der Waals surface area contributed by atoms with Crippen molar-refractivity contribution in [2.24, 2.45) is 0 Å². The second-order valence-electron chi connectivity index (χ2n) is 6.52. The summed E-state index contributed by atoms with van der Waals surface area (Å²) in [5.74, 6) is -0.0265. The van der Waals surface area contributed by atoms with E-state index in [0.29, 0.717) is 31.6 Å². The Hall–Kier alpha value is -1.44. The van der Waals surface area contributed by atoms with Crippen molar-refractivity contribution in [2.75, 3.05) is 19.8 Å². The molecule has 0 saturated carbocycles. The number of ether oxygens (including phenoxy) is 1. The van der Waals surface area contributed by atoms with Crippen LogP contribution in [0.2, 0.25) is 0 Å². The van der Waals surface area contributed by atoms with Gasteiger partial charge in [0.15, 0.2) is 0 Å². The van der Waals surface area contributed by atoms with Crippen molar-refractivity contribution < 1.29 is 17.9 Å². The van der Waals surface area contributed by atoms with E-state index in [0.717, 1.165) is 19.4 Å². The minimum absolute atomic E-state index is 0.0265. The number of carbonyl (C=O) groups is 1. The number of hydrogen-bond acceptors (Lipinski definition) is 4. The predicted molar refractivity (Wildman–Crippen MR) is 90.3 cm³/mol. The van der Waals surface area contributed by atoms with Gasteiger partial charge in [-0.3, -0.25) is 4.79 Å². The lowest BCUT2D eigenvalue weighted by molar-refractivity contribution is 0.0747. The van der Waals surface area contributed by atoms with Crippen LogP contribution in [0.5, 0.6) is 0 Å². The van der Waals surface area contributed by atoms with E-state index in [2.05, 4.69) is 4.72 Å². The van der Waals surface area contributed by atoms with E-state index >= 15 is 0 Å². The summed E-state index contributed by atoms with van der Waals surface area (Å²) in [7, 11) is -3.56. The lowest BCUT2D eigenvalue weighted by atomic mass is 10.1. The lowest BCUT2D eigenvalue weighted by Gasteiger charge is -2.23. The molecule has 2 heterocycles. The number of sulfonamides is 1. The molecule has 0 radical (unpaired) electrons. The van der Waals surface area contributed by atoms with Crippen LogP contribution in [0.3, 0.4) is 0 Å². The quantitative estimate of drug-likeness (QED) is 0.896. The molecule has 2 saturated heterocycles. The topological polar surface area (TPSA) is 75.7 Å². The number of rotatable bonds is 4. The van der Waals surface area contributed by atoms with Gasteiger partial charge in [-0.2, -0.15) is 0 Å². The number of benzene rings is 1. The van der Waals surface area contributed by atoms with Crippen molar-refractivity contribution in [1.82, 2.24) is 9.62 Å². The van der Waals surface area contributed by atoms with Gasteiger partial charge in [0, 0.05) is 37.4 Å². The summed E-state index contributed by atoms with van der Waals surface area (Å²) in [6.07, 6.45) is 3.41. The maximum Gasteiger partial charge on any atom is 0.254 e. The van der Waals surface area contributed by atoms with Gasteiger partial charge in [0.25, 0.3) is 5.91 Å². The second kappa shape index (κ2) is 7.21. The molecule has 2 fully saturated rings. The molecule has 0 bridgehead atoms. The van der Waals surface area contributed by atoms with Crippen molar-refractivity contribution in [1.29, 1.82) is 0 Å². The van der Waals surface area contributed by atoms with Crippen molar-refractivity contribution in [3.8, 4) is 0 Å². The molecule has 2 aliphatic heterocycles. The van der Waals surface area contributed by atoms with Crippen LogP contribution in [0, 0.1) is 0 Å². The van der Waals surface area contributed by atoms with Gasteiger partial charge < -0.3 is 9.64 Å². The standard InChI is InChI=1S/C17H24N2O4S/c1-13-3-2-10-19(13)17(20)14-4-6-16(7-5-14)24(21,22)18-15-8-11-23-12-9-15/h4-7,13,15,18H,2-3,8-12H2,1H3. The average molecular weight is 352 g/mol. The van der Waals surface area contributed by atoms with E-state index in [-0.39, 0.29) is 22.9 Å².